The monoisotopic (exact) mass is 237 g/mol. The Hall–Kier alpha value is -1.79. The zero-order chi connectivity index (χ0) is 11.8. The molecule has 0 bridgehead atoms. The van der Waals surface area contributed by atoms with Gasteiger partial charge in [-0.25, -0.2) is 13.6 Å². The molecule has 2 rings (SSSR count). The van der Waals surface area contributed by atoms with Gasteiger partial charge in [0.25, 0.3) is 0 Å². The summed E-state index contributed by atoms with van der Waals surface area (Å²) in [5.74, 6) is 0. The van der Waals surface area contributed by atoms with Gasteiger partial charge in [0, 0.05) is 23.1 Å². The lowest BCUT2D eigenvalue weighted by Gasteiger charge is -2.07. The fourth-order valence-corrected chi connectivity index (χ4v) is 2.24. The maximum Gasteiger partial charge on any atom is 0.238 e. The summed E-state index contributed by atoms with van der Waals surface area (Å²) < 4.78 is 22.8. The van der Waals surface area contributed by atoms with E-state index in [1.54, 1.807) is 24.4 Å². The highest BCUT2D eigenvalue weighted by molar-refractivity contribution is 7.89. The van der Waals surface area contributed by atoms with Gasteiger partial charge in [-0.15, -0.1) is 0 Å². The molecular formula is C10H11N3O2S. The number of H-pyrrole nitrogens is 1. The van der Waals surface area contributed by atoms with Gasteiger partial charge in [-0.3, -0.25) is 0 Å². The number of rotatable bonds is 2. The Labute approximate surface area is 93.1 Å². The lowest BCUT2D eigenvalue weighted by Crippen LogP contribution is -2.13. The van der Waals surface area contributed by atoms with E-state index >= 15 is 0 Å². The number of benzene rings is 1. The van der Waals surface area contributed by atoms with Gasteiger partial charge in [-0.05, 0) is 30.3 Å². The van der Waals surface area contributed by atoms with Gasteiger partial charge < -0.3 is 10.7 Å². The van der Waals surface area contributed by atoms with Crippen LogP contribution in [0.1, 0.15) is 0 Å². The molecule has 0 atom stereocenters. The zero-order valence-electron chi connectivity index (χ0n) is 8.34. The normalized spacial score (nSPS) is 11.6. The number of sulfonamides is 1. The first kappa shape index (κ1) is 10.7. The van der Waals surface area contributed by atoms with Crippen LogP contribution in [0.5, 0.6) is 0 Å². The zero-order valence-corrected chi connectivity index (χ0v) is 9.16. The molecule has 0 saturated heterocycles. The van der Waals surface area contributed by atoms with Crippen LogP contribution in [0.25, 0.3) is 11.3 Å². The molecular weight excluding hydrogens is 226 g/mol. The highest BCUT2D eigenvalue weighted by atomic mass is 32.2. The first-order valence-electron chi connectivity index (χ1n) is 4.54. The second kappa shape index (κ2) is 3.66. The van der Waals surface area contributed by atoms with Crippen LogP contribution in [0.4, 0.5) is 5.69 Å². The van der Waals surface area contributed by atoms with E-state index in [1.165, 1.54) is 12.1 Å². The number of nitrogens with one attached hydrogen (secondary N) is 1. The number of primary sulfonamides is 1. The molecule has 0 unspecified atom stereocenters. The van der Waals surface area contributed by atoms with E-state index < -0.39 is 10.0 Å². The summed E-state index contributed by atoms with van der Waals surface area (Å²) in [5.41, 5.74) is 7.25. The third-order valence-electron chi connectivity index (χ3n) is 2.20. The highest BCUT2D eigenvalue weighted by Gasteiger charge is 2.15. The average Bonchev–Trinajstić information content (AvgIpc) is 2.68. The fourth-order valence-electron chi connectivity index (χ4n) is 1.50. The van der Waals surface area contributed by atoms with Gasteiger partial charge in [-0.1, -0.05) is 0 Å². The Morgan fingerprint density at radius 2 is 1.94 bits per heavy atom. The summed E-state index contributed by atoms with van der Waals surface area (Å²) in [7, 11) is -3.75. The second-order valence-corrected chi connectivity index (χ2v) is 4.91. The van der Waals surface area contributed by atoms with Gasteiger partial charge in [0.1, 0.15) is 0 Å². The molecule has 0 aliphatic rings. The minimum Gasteiger partial charge on any atom is -0.399 e. The van der Waals surface area contributed by atoms with Gasteiger partial charge in [0.05, 0.1) is 4.90 Å². The predicted molar refractivity (Wildman–Crippen MR) is 62.0 cm³/mol. The number of hydrogen-bond acceptors (Lipinski definition) is 3. The number of aromatic nitrogens is 1. The van der Waals surface area contributed by atoms with Crippen molar-refractivity contribution in [1.82, 2.24) is 4.98 Å². The van der Waals surface area contributed by atoms with Crippen molar-refractivity contribution in [3.8, 4) is 11.3 Å². The second-order valence-electron chi connectivity index (χ2n) is 3.38. The van der Waals surface area contributed by atoms with Crippen molar-refractivity contribution < 1.29 is 8.42 Å². The number of anilines is 1. The van der Waals surface area contributed by atoms with Gasteiger partial charge >= 0.3 is 0 Å². The van der Waals surface area contributed by atoms with E-state index in [4.69, 9.17) is 10.9 Å². The molecule has 1 aromatic carbocycles. The molecule has 0 fully saturated rings. The average molecular weight is 237 g/mol. The first-order valence-corrected chi connectivity index (χ1v) is 6.09. The Morgan fingerprint density at radius 3 is 2.50 bits per heavy atom. The molecule has 0 spiro atoms. The highest BCUT2D eigenvalue weighted by Crippen LogP contribution is 2.27. The van der Waals surface area contributed by atoms with Crippen LogP contribution in [-0.4, -0.2) is 13.4 Å². The van der Waals surface area contributed by atoms with Crippen molar-refractivity contribution in [1.29, 1.82) is 0 Å². The molecule has 5 nitrogen and oxygen atoms in total. The van der Waals surface area contributed by atoms with Gasteiger partial charge in [0.15, 0.2) is 0 Å². The smallest absolute Gasteiger partial charge is 0.238 e. The molecule has 2 aromatic rings. The summed E-state index contributed by atoms with van der Waals surface area (Å²) in [5, 5.41) is 5.13. The molecule has 1 aromatic heterocycles. The van der Waals surface area contributed by atoms with Crippen molar-refractivity contribution in [3.63, 3.8) is 0 Å². The lowest BCUT2D eigenvalue weighted by molar-refractivity contribution is 0.598. The molecule has 0 saturated carbocycles. The maximum absolute atomic E-state index is 11.4. The molecule has 5 N–H and O–H groups in total. The SMILES string of the molecule is Nc1ccc(S(N)(=O)=O)c(-c2ccc[nH]2)c1. The Balaban J connectivity index is 2.73. The van der Waals surface area contributed by atoms with E-state index in [1.807, 2.05) is 0 Å². The topological polar surface area (TPSA) is 102 Å². The molecule has 0 radical (unpaired) electrons. The van der Waals surface area contributed by atoms with E-state index in [9.17, 15) is 8.42 Å². The van der Waals surface area contributed by atoms with E-state index in [-0.39, 0.29) is 4.90 Å². The largest absolute Gasteiger partial charge is 0.399 e. The number of hydrogen-bond donors (Lipinski definition) is 3. The molecule has 1 heterocycles. The first-order chi connectivity index (χ1) is 7.48. The standard InChI is InChI=1S/C10H11N3O2S/c11-7-3-4-10(16(12,14)15)8(6-7)9-2-1-5-13-9/h1-6,13H,11H2,(H2,12,14,15). The van der Waals surface area contributed by atoms with Crippen molar-refractivity contribution >= 4 is 15.7 Å². The summed E-state index contributed by atoms with van der Waals surface area (Å²) in [6.07, 6.45) is 1.70. The summed E-state index contributed by atoms with van der Waals surface area (Å²) in [6, 6.07) is 8.01. The number of nitrogen functional groups attached to an aromatic ring is 1. The van der Waals surface area contributed by atoms with E-state index in [0.29, 0.717) is 16.9 Å². The quantitative estimate of drug-likeness (QED) is 0.676. The maximum atomic E-state index is 11.4. The Morgan fingerprint density at radius 1 is 1.19 bits per heavy atom. The van der Waals surface area contributed by atoms with Crippen LogP contribution < -0.4 is 10.9 Å². The van der Waals surface area contributed by atoms with Gasteiger partial charge in [-0.2, -0.15) is 0 Å². The lowest BCUT2D eigenvalue weighted by atomic mass is 10.1. The van der Waals surface area contributed by atoms with Crippen molar-refractivity contribution in [3.05, 3.63) is 36.5 Å². The molecule has 0 aliphatic heterocycles. The molecule has 84 valence electrons. The summed E-state index contributed by atoms with van der Waals surface area (Å²) in [4.78, 5) is 2.98. The molecule has 0 aliphatic carbocycles. The predicted octanol–water partition coefficient (Wildman–Crippen LogP) is 0.911. The fraction of sp³-hybridized carbons (Fsp3) is 0. The Kier molecular flexibility index (Phi) is 2.45. The van der Waals surface area contributed by atoms with Crippen molar-refractivity contribution in [2.24, 2.45) is 5.14 Å². The van der Waals surface area contributed by atoms with Crippen LogP contribution in [0.3, 0.4) is 0 Å². The van der Waals surface area contributed by atoms with Crippen LogP contribution in [-0.2, 0) is 10.0 Å². The summed E-state index contributed by atoms with van der Waals surface area (Å²) in [6.45, 7) is 0. The van der Waals surface area contributed by atoms with Crippen LogP contribution in [0.2, 0.25) is 0 Å². The number of aromatic amines is 1. The molecule has 16 heavy (non-hydrogen) atoms. The Bertz CT molecular complexity index is 603. The number of nitrogens with two attached hydrogens (primary N) is 2. The third-order valence-corrected chi connectivity index (χ3v) is 3.17. The van der Waals surface area contributed by atoms with E-state index in [2.05, 4.69) is 4.98 Å². The summed E-state index contributed by atoms with van der Waals surface area (Å²) >= 11 is 0. The van der Waals surface area contributed by atoms with Crippen molar-refractivity contribution in [2.75, 3.05) is 5.73 Å². The molecule has 6 heteroatoms. The van der Waals surface area contributed by atoms with Crippen LogP contribution in [0, 0.1) is 0 Å². The minimum absolute atomic E-state index is 0.0594. The minimum atomic E-state index is -3.75. The van der Waals surface area contributed by atoms with Gasteiger partial charge in [0.2, 0.25) is 10.0 Å². The van der Waals surface area contributed by atoms with Crippen LogP contribution >= 0.6 is 0 Å². The van der Waals surface area contributed by atoms with Crippen LogP contribution in [0.15, 0.2) is 41.4 Å². The molecule has 0 amide bonds. The van der Waals surface area contributed by atoms with Crippen molar-refractivity contribution in [2.45, 2.75) is 4.90 Å². The van der Waals surface area contributed by atoms with E-state index in [0.717, 1.165) is 0 Å². The third kappa shape index (κ3) is 1.93.